The zero-order valence-electron chi connectivity index (χ0n) is 13.4. The lowest BCUT2D eigenvalue weighted by Crippen LogP contribution is -1.99. The first kappa shape index (κ1) is 14.3. The summed E-state index contributed by atoms with van der Waals surface area (Å²) >= 11 is 0. The highest BCUT2D eigenvalue weighted by Crippen LogP contribution is 2.39. The van der Waals surface area contributed by atoms with Gasteiger partial charge in [0, 0.05) is 22.0 Å². The van der Waals surface area contributed by atoms with Crippen LogP contribution in [-0.2, 0) is 10.9 Å². The Balaban J connectivity index is 2.20. The Kier molecular flexibility index (Phi) is 3.59. The second-order valence-electron chi connectivity index (χ2n) is 6.01. The van der Waals surface area contributed by atoms with Gasteiger partial charge in [-0.2, -0.15) is 0 Å². The van der Waals surface area contributed by atoms with Crippen molar-refractivity contribution in [1.82, 2.24) is 0 Å². The van der Waals surface area contributed by atoms with E-state index in [1.165, 1.54) is 37.6 Å². The molecule has 0 nitrogen and oxygen atoms in total. The fourth-order valence-corrected chi connectivity index (χ4v) is 4.29. The molecule has 0 aliphatic carbocycles. The van der Waals surface area contributed by atoms with Crippen molar-refractivity contribution in [2.24, 2.45) is 0 Å². The largest absolute Gasteiger partial charge is 0.162 e. The van der Waals surface area contributed by atoms with Crippen LogP contribution < -0.4 is 0 Å². The van der Waals surface area contributed by atoms with E-state index < -0.39 is 0 Å². The molecule has 0 saturated carbocycles. The molecule has 0 aliphatic heterocycles. The van der Waals surface area contributed by atoms with Gasteiger partial charge in [-0.25, -0.2) is 0 Å². The van der Waals surface area contributed by atoms with Crippen molar-refractivity contribution in [3.05, 3.63) is 78.9 Å². The van der Waals surface area contributed by atoms with Gasteiger partial charge in [-0.3, -0.25) is 0 Å². The third-order valence-electron chi connectivity index (χ3n) is 4.37. The van der Waals surface area contributed by atoms with E-state index in [-0.39, 0.29) is 10.9 Å². The molecule has 112 valence electrons. The van der Waals surface area contributed by atoms with E-state index in [0.717, 1.165) is 0 Å². The van der Waals surface area contributed by atoms with Gasteiger partial charge in [-0.05, 0) is 39.7 Å². The van der Waals surface area contributed by atoms with Gasteiger partial charge in [0.05, 0.1) is 0 Å². The van der Waals surface area contributed by atoms with Crippen LogP contribution in [0.1, 0.15) is 0 Å². The molecule has 0 aromatic heterocycles. The summed E-state index contributed by atoms with van der Waals surface area (Å²) in [4.78, 5) is 1.44. The molecule has 0 amide bonds. The smallest absolute Gasteiger partial charge is 0.0616 e. The zero-order valence-corrected chi connectivity index (χ0v) is 14.2. The molecule has 0 saturated heterocycles. The third kappa shape index (κ3) is 2.42. The molecule has 0 radical (unpaired) electrons. The highest BCUT2D eigenvalue weighted by Gasteiger charge is 2.19. The molecule has 4 aromatic carbocycles. The second-order valence-corrected chi connectivity index (χ2v) is 8.08. The molecule has 0 N–H and O–H groups in total. The Labute approximate surface area is 140 Å². The van der Waals surface area contributed by atoms with Crippen LogP contribution in [0, 0.1) is 0 Å². The van der Waals surface area contributed by atoms with Gasteiger partial charge in [0.25, 0.3) is 0 Å². The van der Waals surface area contributed by atoms with Gasteiger partial charge in [-0.1, -0.05) is 60.7 Å². The first-order chi connectivity index (χ1) is 11.3. The van der Waals surface area contributed by atoms with Gasteiger partial charge in [-0.15, -0.1) is 0 Å². The zero-order chi connectivity index (χ0) is 15.8. The summed E-state index contributed by atoms with van der Waals surface area (Å²) in [7, 11) is 0.223. The van der Waals surface area contributed by atoms with Gasteiger partial charge in [0.15, 0.2) is 4.90 Å². The van der Waals surface area contributed by atoms with Crippen molar-refractivity contribution in [2.75, 3.05) is 12.5 Å². The standard InChI is InChI=1S/C22H19S/c1-23(2)21-14-8-7-13-20(21)22-18-11-5-3-9-16(18)15-17-10-4-6-12-19(17)22/h3-15H,1-2H3/q+1. The van der Waals surface area contributed by atoms with E-state index >= 15 is 0 Å². The summed E-state index contributed by atoms with van der Waals surface area (Å²) in [6.07, 6.45) is 4.60. The molecule has 0 atom stereocenters. The number of rotatable bonds is 2. The topological polar surface area (TPSA) is 0 Å². The van der Waals surface area contributed by atoms with Crippen molar-refractivity contribution in [2.45, 2.75) is 4.90 Å². The highest BCUT2D eigenvalue weighted by molar-refractivity contribution is 7.95. The van der Waals surface area contributed by atoms with Crippen LogP contribution in [-0.4, -0.2) is 12.5 Å². The van der Waals surface area contributed by atoms with Crippen molar-refractivity contribution < 1.29 is 0 Å². The van der Waals surface area contributed by atoms with E-state index in [0.29, 0.717) is 0 Å². The summed E-state index contributed by atoms with van der Waals surface area (Å²) in [5.74, 6) is 0. The molecule has 0 fully saturated rings. The summed E-state index contributed by atoms with van der Waals surface area (Å²) in [5.41, 5.74) is 2.74. The van der Waals surface area contributed by atoms with E-state index in [9.17, 15) is 0 Å². The maximum Gasteiger partial charge on any atom is 0.162 e. The quantitative estimate of drug-likeness (QED) is 0.319. The van der Waals surface area contributed by atoms with E-state index in [1.807, 2.05) is 0 Å². The summed E-state index contributed by atoms with van der Waals surface area (Å²) < 4.78 is 0. The Morgan fingerprint density at radius 1 is 0.609 bits per heavy atom. The Bertz CT molecular complexity index is 945. The Morgan fingerprint density at radius 2 is 1.13 bits per heavy atom. The Morgan fingerprint density at radius 3 is 1.74 bits per heavy atom. The predicted octanol–water partition coefficient (Wildman–Crippen LogP) is 5.90. The molecule has 0 unspecified atom stereocenters. The van der Waals surface area contributed by atoms with Crippen LogP contribution in [0.2, 0.25) is 0 Å². The lowest BCUT2D eigenvalue weighted by molar-refractivity contribution is 1.45. The third-order valence-corrected chi connectivity index (χ3v) is 5.60. The van der Waals surface area contributed by atoms with Gasteiger partial charge >= 0.3 is 0 Å². The summed E-state index contributed by atoms with van der Waals surface area (Å²) in [6, 6.07) is 28.6. The molecule has 0 heterocycles. The van der Waals surface area contributed by atoms with Crippen LogP contribution in [0.25, 0.3) is 32.7 Å². The van der Waals surface area contributed by atoms with Gasteiger partial charge in [0.1, 0.15) is 12.5 Å². The number of fused-ring (bicyclic) bond motifs is 2. The first-order valence-electron chi connectivity index (χ1n) is 7.83. The molecule has 0 aliphatic rings. The predicted molar refractivity (Wildman–Crippen MR) is 104 cm³/mol. The van der Waals surface area contributed by atoms with Crippen LogP contribution in [0.4, 0.5) is 0 Å². The summed E-state index contributed by atoms with van der Waals surface area (Å²) in [6.45, 7) is 0. The van der Waals surface area contributed by atoms with E-state index in [1.54, 1.807) is 0 Å². The van der Waals surface area contributed by atoms with Crippen molar-refractivity contribution in [3.63, 3.8) is 0 Å². The lowest BCUT2D eigenvalue weighted by atomic mass is 9.92. The second kappa shape index (κ2) is 5.75. The molecule has 4 rings (SSSR count). The first-order valence-corrected chi connectivity index (χ1v) is 9.87. The van der Waals surface area contributed by atoms with Crippen LogP contribution in [0.15, 0.2) is 83.8 Å². The van der Waals surface area contributed by atoms with Gasteiger partial charge < -0.3 is 0 Å². The average Bonchev–Trinajstić information content (AvgIpc) is 2.59. The number of hydrogen-bond acceptors (Lipinski definition) is 0. The molecule has 0 bridgehead atoms. The van der Waals surface area contributed by atoms with Gasteiger partial charge in [0.2, 0.25) is 0 Å². The fourth-order valence-electron chi connectivity index (χ4n) is 3.33. The van der Waals surface area contributed by atoms with Crippen molar-refractivity contribution in [3.8, 4) is 11.1 Å². The fraction of sp³-hybridized carbons (Fsp3) is 0.0909. The molecular weight excluding hydrogens is 296 g/mol. The minimum atomic E-state index is 0.223. The highest BCUT2D eigenvalue weighted by atomic mass is 32.2. The van der Waals surface area contributed by atoms with Crippen molar-refractivity contribution >= 4 is 32.4 Å². The number of hydrogen-bond donors (Lipinski definition) is 0. The maximum atomic E-state index is 2.30. The van der Waals surface area contributed by atoms with E-state index in [4.69, 9.17) is 0 Å². The van der Waals surface area contributed by atoms with Crippen molar-refractivity contribution in [1.29, 1.82) is 0 Å². The maximum absolute atomic E-state index is 2.30. The van der Waals surface area contributed by atoms with Crippen LogP contribution in [0.3, 0.4) is 0 Å². The molecule has 23 heavy (non-hydrogen) atoms. The summed E-state index contributed by atoms with van der Waals surface area (Å²) in [5, 5.41) is 5.29. The minimum Gasteiger partial charge on any atom is -0.0616 e. The van der Waals surface area contributed by atoms with E-state index in [2.05, 4.69) is 91.4 Å². The minimum absolute atomic E-state index is 0.223. The average molecular weight is 315 g/mol. The molecule has 4 aromatic rings. The molecule has 1 heteroatoms. The normalized spacial score (nSPS) is 11.4. The number of benzene rings is 4. The molecular formula is C22H19S+. The van der Waals surface area contributed by atoms with Crippen LogP contribution in [0.5, 0.6) is 0 Å². The monoisotopic (exact) mass is 315 g/mol. The Hall–Kier alpha value is -2.25. The SMILES string of the molecule is C[S+](C)c1ccccc1-c1c2ccccc2cc2ccccc12. The van der Waals surface area contributed by atoms with Crippen LogP contribution >= 0.6 is 0 Å². The lowest BCUT2D eigenvalue weighted by Gasteiger charge is -2.13. The molecule has 0 spiro atoms.